The van der Waals surface area contributed by atoms with E-state index in [1.165, 1.54) is 6.07 Å². The van der Waals surface area contributed by atoms with E-state index in [0.717, 1.165) is 24.5 Å². The van der Waals surface area contributed by atoms with E-state index in [0.29, 0.717) is 19.5 Å². The van der Waals surface area contributed by atoms with E-state index < -0.39 is 0 Å². The SMILES string of the molecule is CCNC(=NCC(C)(C)c1cccc(F)c1)NC1CCC(=O)N(C)C1.I. The maximum atomic E-state index is 13.5. The Hall–Kier alpha value is -1.38. The lowest BCUT2D eigenvalue weighted by Crippen LogP contribution is -2.52. The molecule has 5 nitrogen and oxygen atoms in total. The molecule has 0 radical (unpaired) electrons. The average molecular weight is 476 g/mol. The van der Waals surface area contributed by atoms with E-state index >= 15 is 0 Å². The maximum Gasteiger partial charge on any atom is 0.222 e. The molecule has 0 aromatic heterocycles. The molecule has 0 aliphatic carbocycles. The quantitative estimate of drug-likeness (QED) is 0.391. The summed E-state index contributed by atoms with van der Waals surface area (Å²) in [7, 11) is 1.83. The zero-order valence-corrected chi connectivity index (χ0v) is 18.3. The summed E-state index contributed by atoms with van der Waals surface area (Å²) in [6.07, 6.45) is 1.36. The number of amides is 1. The molecule has 1 aliphatic heterocycles. The topological polar surface area (TPSA) is 56.7 Å². The molecule has 1 atom stereocenters. The molecule has 7 heteroatoms. The number of halogens is 2. The van der Waals surface area contributed by atoms with Crippen LogP contribution in [0.5, 0.6) is 0 Å². The van der Waals surface area contributed by atoms with Gasteiger partial charge in [0, 0.05) is 38.0 Å². The van der Waals surface area contributed by atoms with E-state index in [4.69, 9.17) is 4.99 Å². The number of piperidine rings is 1. The van der Waals surface area contributed by atoms with E-state index in [9.17, 15) is 9.18 Å². The summed E-state index contributed by atoms with van der Waals surface area (Å²) in [6, 6.07) is 6.87. The van der Waals surface area contributed by atoms with Crippen LogP contribution in [0.3, 0.4) is 0 Å². The number of carbonyl (C=O) groups is 1. The Morgan fingerprint density at radius 1 is 1.42 bits per heavy atom. The number of likely N-dealkylation sites (N-methyl/N-ethyl adjacent to an activating group) is 1. The second-order valence-electron chi connectivity index (χ2n) is 7.24. The number of likely N-dealkylation sites (tertiary alicyclic amines) is 1. The second-order valence-corrected chi connectivity index (χ2v) is 7.24. The molecule has 2 rings (SSSR count). The number of hydrogen-bond acceptors (Lipinski definition) is 2. The van der Waals surface area contributed by atoms with Crippen LogP contribution >= 0.6 is 24.0 Å². The average Bonchev–Trinajstić information content (AvgIpc) is 2.56. The van der Waals surface area contributed by atoms with Gasteiger partial charge in [0.1, 0.15) is 5.82 Å². The standard InChI is InChI=1S/C19H29FN4O.HI/c1-5-21-18(23-16-9-10-17(25)24(4)12-16)22-13-19(2,3)14-7-6-8-15(20)11-14;/h6-8,11,16H,5,9-10,12-13H2,1-4H3,(H2,21,22,23);1H. The van der Waals surface area contributed by atoms with Crippen molar-refractivity contribution < 1.29 is 9.18 Å². The van der Waals surface area contributed by atoms with E-state index in [1.807, 2.05) is 20.0 Å². The monoisotopic (exact) mass is 476 g/mol. The van der Waals surface area contributed by atoms with Crippen molar-refractivity contribution >= 4 is 35.8 Å². The Kier molecular flexibility index (Phi) is 8.79. The minimum Gasteiger partial charge on any atom is -0.357 e. The van der Waals surface area contributed by atoms with Crippen LogP contribution in [0.4, 0.5) is 4.39 Å². The summed E-state index contributed by atoms with van der Waals surface area (Å²) in [5.74, 6) is 0.696. The van der Waals surface area contributed by atoms with Gasteiger partial charge in [-0.05, 0) is 31.0 Å². The lowest BCUT2D eigenvalue weighted by molar-refractivity contribution is -0.132. The molecule has 26 heavy (non-hydrogen) atoms. The molecule has 2 N–H and O–H groups in total. The zero-order valence-electron chi connectivity index (χ0n) is 16.0. The number of carbonyl (C=O) groups excluding carboxylic acids is 1. The minimum atomic E-state index is -0.274. The summed E-state index contributed by atoms with van der Waals surface area (Å²) >= 11 is 0. The summed E-state index contributed by atoms with van der Waals surface area (Å²) in [5.41, 5.74) is 0.652. The Morgan fingerprint density at radius 2 is 2.15 bits per heavy atom. The van der Waals surface area contributed by atoms with Crippen molar-refractivity contribution in [3.8, 4) is 0 Å². The van der Waals surface area contributed by atoms with Crippen LogP contribution in [0.2, 0.25) is 0 Å². The Balaban J connectivity index is 0.00000338. The van der Waals surface area contributed by atoms with Gasteiger partial charge in [0.05, 0.1) is 6.54 Å². The van der Waals surface area contributed by atoms with Crippen molar-refractivity contribution in [1.82, 2.24) is 15.5 Å². The molecule has 0 bridgehead atoms. The molecular weight excluding hydrogens is 446 g/mol. The largest absolute Gasteiger partial charge is 0.357 e. The molecule has 1 aliphatic rings. The predicted molar refractivity (Wildman–Crippen MR) is 115 cm³/mol. The smallest absolute Gasteiger partial charge is 0.222 e. The zero-order chi connectivity index (χ0) is 18.4. The van der Waals surface area contributed by atoms with E-state index in [1.54, 1.807) is 17.0 Å². The van der Waals surface area contributed by atoms with E-state index in [2.05, 4.69) is 24.5 Å². The van der Waals surface area contributed by atoms with Crippen LogP contribution in [0, 0.1) is 5.82 Å². The third-order valence-corrected chi connectivity index (χ3v) is 4.55. The minimum absolute atomic E-state index is 0. The van der Waals surface area contributed by atoms with Gasteiger partial charge in [-0.3, -0.25) is 9.79 Å². The van der Waals surface area contributed by atoms with Gasteiger partial charge in [0.15, 0.2) is 5.96 Å². The molecule has 1 aromatic rings. The van der Waals surface area contributed by atoms with Gasteiger partial charge >= 0.3 is 0 Å². The summed E-state index contributed by atoms with van der Waals surface area (Å²) in [4.78, 5) is 18.1. The number of nitrogens with one attached hydrogen (secondary N) is 2. The lowest BCUT2D eigenvalue weighted by atomic mass is 9.85. The van der Waals surface area contributed by atoms with Gasteiger partial charge in [-0.15, -0.1) is 24.0 Å². The Morgan fingerprint density at radius 3 is 2.77 bits per heavy atom. The Bertz CT molecular complexity index is 636. The number of hydrogen-bond donors (Lipinski definition) is 2. The van der Waals surface area contributed by atoms with Gasteiger partial charge in [-0.25, -0.2) is 4.39 Å². The van der Waals surface area contributed by atoms with Gasteiger partial charge in [0.2, 0.25) is 5.91 Å². The van der Waals surface area contributed by atoms with Crippen molar-refractivity contribution in [2.75, 3.05) is 26.7 Å². The first-order valence-electron chi connectivity index (χ1n) is 8.86. The highest BCUT2D eigenvalue weighted by Crippen LogP contribution is 2.24. The number of aliphatic imine (C=N–C) groups is 1. The highest BCUT2D eigenvalue weighted by atomic mass is 127. The maximum absolute atomic E-state index is 13.5. The first-order chi connectivity index (χ1) is 11.8. The van der Waals surface area contributed by atoms with Gasteiger partial charge in [-0.2, -0.15) is 0 Å². The molecule has 146 valence electrons. The van der Waals surface area contributed by atoms with Gasteiger partial charge in [-0.1, -0.05) is 26.0 Å². The van der Waals surface area contributed by atoms with Crippen LogP contribution in [0.25, 0.3) is 0 Å². The molecule has 1 heterocycles. The van der Waals surface area contributed by atoms with Crippen LogP contribution < -0.4 is 10.6 Å². The second kappa shape index (κ2) is 10.1. The van der Waals surface area contributed by atoms with Crippen molar-refractivity contribution in [1.29, 1.82) is 0 Å². The normalized spacial score (nSPS) is 18.3. The molecule has 0 spiro atoms. The lowest BCUT2D eigenvalue weighted by Gasteiger charge is -2.31. The fourth-order valence-electron chi connectivity index (χ4n) is 2.92. The summed E-state index contributed by atoms with van der Waals surface area (Å²) in [6.45, 7) is 8.10. The molecule has 1 aromatic carbocycles. The predicted octanol–water partition coefficient (Wildman–Crippen LogP) is 2.90. The number of nitrogens with zero attached hydrogens (tertiary/aromatic N) is 2. The molecule has 0 saturated carbocycles. The highest BCUT2D eigenvalue weighted by Gasteiger charge is 2.24. The van der Waals surface area contributed by atoms with Crippen molar-refractivity contribution in [3.05, 3.63) is 35.6 Å². The first kappa shape index (κ1) is 22.7. The Labute approximate surface area is 172 Å². The van der Waals surface area contributed by atoms with E-state index in [-0.39, 0.29) is 47.2 Å². The fourth-order valence-corrected chi connectivity index (χ4v) is 2.92. The third-order valence-electron chi connectivity index (χ3n) is 4.55. The van der Waals surface area contributed by atoms with Crippen LogP contribution in [-0.4, -0.2) is 49.5 Å². The molecule has 1 fully saturated rings. The highest BCUT2D eigenvalue weighted by molar-refractivity contribution is 14.0. The molecule has 1 saturated heterocycles. The molecular formula is C19H30FIN4O. The van der Waals surface area contributed by atoms with Gasteiger partial charge < -0.3 is 15.5 Å². The molecule has 1 amide bonds. The third kappa shape index (κ3) is 6.41. The first-order valence-corrected chi connectivity index (χ1v) is 8.86. The summed E-state index contributed by atoms with van der Waals surface area (Å²) in [5, 5.41) is 6.67. The van der Waals surface area contributed by atoms with Crippen molar-refractivity contribution in [2.45, 2.75) is 45.1 Å². The van der Waals surface area contributed by atoms with Crippen LogP contribution in [-0.2, 0) is 10.2 Å². The number of benzene rings is 1. The summed E-state index contributed by atoms with van der Waals surface area (Å²) < 4.78 is 13.5. The number of rotatable bonds is 5. The molecule has 1 unspecified atom stereocenters. The van der Waals surface area contributed by atoms with Crippen LogP contribution in [0.15, 0.2) is 29.3 Å². The fraction of sp³-hybridized carbons (Fsp3) is 0.579. The van der Waals surface area contributed by atoms with Gasteiger partial charge in [0.25, 0.3) is 0 Å². The van der Waals surface area contributed by atoms with Crippen LogP contribution in [0.1, 0.15) is 39.2 Å². The van der Waals surface area contributed by atoms with Crippen molar-refractivity contribution in [2.24, 2.45) is 4.99 Å². The van der Waals surface area contributed by atoms with Crippen molar-refractivity contribution in [3.63, 3.8) is 0 Å². The number of guanidine groups is 1.